The van der Waals surface area contributed by atoms with E-state index in [0.717, 1.165) is 37.3 Å². The molecule has 1 atom stereocenters. The van der Waals surface area contributed by atoms with E-state index in [1.807, 2.05) is 24.3 Å². The minimum atomic E-state index is -0.801. The SMILES string of the molecule is Nc1cccc(C[S@](=O)C2CCOCC2)c1. The van der Waals surface area contributed by atoms with Gasteiger partial charge in [-0.1, -0.05) is 12.1 Å². The first-order valence-electron chi connectivity index (χ1n) is 5.55. The van der Waals surface area contributed by atoms with E-state index in [2.05, 4.69) is 0 Å². The summed E-state index contributed by atoms with van der Waals surface area (Å²) in [7, 11) is -0.801. The molecule has 0 bridgehead atoms. The van der Waals surface area contributed by atoms with E-state index >= 15 is 0 Å². The molecule has 1 saturated heterocycles. The first-order chi connectivity index (χ1) is 7.75. The van der Waals surface area contributed by atoms with Gasteiger partial charge in [-0.05, 0) is 30.5 Å². The van der Waals surface area contributed by atoms with Gasteiger partial charge >= 0.3 is 0 Å². The minimum Gasteiger partial charge on any atom is -0.399 e. The van der Waals surface area contributed by atoms with E-state index in [0.29, 0.717) is 5.75 Å². The normalized spacial score (nSPS) is 19.5. The molecule has 16 heavy (non-hydrogen) atoms. The summed E-state index contributed by atoms with van der Waals surface area (Å²) in [5.41, 5.74) is 7.49. The van der Waals surface area contributed by atoms with E-state index in [9.17, 15) is 4.21 Å². The van der Waals surface area contributed by atoms with Crippen molar-refractivity contribution >= 4 is 16.5 Å². The molecule has 2 N–H and O–H groups in total. The van der Waals surface area contributed by atoms with Gasteiger partial charge in [-0.25, -0.2) is 0 Å². The fraction of sp³-hybridized carbons (Fsp3) is 0.500. The molecule has 1 aromatic rings. The number of rotatable bonds is 3. The highest BCUT2D eigenvalue weighted by molar-refractivity contribution is 7.84. The van der Waals surface area contributed by atoms with Gasteiger partial charge in [0.2, 0.25) is 0 Å². The molecule has 2 rings (SSSR count). The van der Waals surface area contributed by atoms with Crippen molar-refractivity contribution in [2.75, 3.05) is 18.9 Å². The molecule has 0 aromatic heterocycles. The summed E-state index contributed by atoms with van der Waals surface area (Å²) in [5.74, 6) is 0.607. The molecule has 0 saturated carbocycles. The van der Waals surface area contributed by atoms with Crippen LogP contribution >= 0.6 is 0 Å². The van der Waals surface area contributed by atoms with Gasteiger partial charge in [-0.15, -0.1) is 0 Å². The van der Waals surface area contributed by atoms with Crippen LogP contribution < -0.4 is 5.73 Å². The second-order valence-corrected chi connectivity index (χ2v) is 5.80. The molecule has 0 spiro atoms. The summed E-state index contributed by atoms with van der Waals surface area (Å²) in [6.07, 6.45) is 1.82. The Labute approximate surface area is 98.4 Å². The van der Waals surface area contributed by atoms with Crippen LogP contribution in [0.25, 0.3) is 0 Å². The average Bonchev–Trinajstić information content (AvgIpc) is 2.30. The Bertz CT molecular complexity index is 375. The molecule has 3 nitrogen and oxygen atoms in total. The Morgan fingerprint density at radius 3 is 2.81 bits per heavy atom. The monoisotopic (exact) mass is 239 g/mol. The van der Waals surface area contributed by atoms with Gasteiger partial charge in [0.25, 0.3) is 0 Å². The van der Waals surface area contributed by atoms with Gasteiger partial charge in [0, 0.05) is 40.7 Å². The molecule has 0 amide bonds. The molecule has 1 fully saturated rings. The highest BCUT2D eigenvalue weighted by Gasteiger charge is 2.20. The van der Waals surface area contributed by atoms with Crippen LogP contribution in [0.1, 0.15) is 18.4 Å². The number of nitrogen functional groups attached to an aromatic ring is 1. The molecule has 0 unspecified atom stereocenters. The van der Waals surface area contributed by atoms with Crippen LogP contribution in [0.15, 0.2) is 24.3 Å². The summed E-state index contributed by atoms with van der Waals surface area (Å²) in [6.45, 7) is 1.49. The molecular formula is C12H17NO2S. The van der Waals surface area contributed by atoms with Crippen LogP contribution in [-0.4, -0.2) is 22.7 Å². The fourth-order valence-electron chi connectivity index (χ4n) is 1.90. The summed E-state index contributed by atoms with van der Waals surface area (Å²) in [5, 5.41) is 0.287. The standard InChI is InChI=1S/C12H17NO2S/c13-11-3-1-2-10(8-11)9-16(14)12-4-6-15-7-5-12/h1-3,8,12H,4-7,9,13H2/t16-/m0/s1. The van der Waals surface area contributed by atoms with Crippen LogP contribution in [-0.2, 0) is 21.3 Å². The summed E-state index contributed by atoms with van der Waals surface area (Å²) < 4.78 is 17.4. The highest BCUT2D eigenvalue weighted by Crippen LogP contribution is 2.17. The molecule has 0 radical (unpaired) electrons. The molecular weight excluding hydrogens is 222 g/mol. The van der Waals surface area contributed by atoms with Crippen molar-refractivity contribution in [2.45, 2.75) is 23.8 Å². The number of anilines is 1. The van der Waals surface area contributed by atoms with Crippen molar-refractivity contribution in [3.8, 4) is 0 Å². The van der Waals surface area contributed by atoms with Crippen molar-refractivity contribution in [1.29, 1.82) is 0 Å². The summed E-state index contributed by atoms with van der Waals surface area (Å²) in [6, 6.07) is 7.64. The number of ether oxygens (including phenoxy) is 1. The average molecular weight is 239 g/mol. The predicted octanol–water partition coefficient (Wildman–Crippen LogP) is 1.70. The maximum Gasteiger partial charge on any atom is 0.0489 e. The Morgan fingerprint density at radius 1 is 1.38 bits per heavy atom. The molecule has 4 heteroatoms. The molecule has 1 aliphatic heterocycles. The first kappa shape index (κ1) is 11.6. The zero-order valence-corrected chi connectivity index (χ0v) is 10.0. The largest absolute Gasteiger partial charge is 0.399 e. The fourth-order valence-corrected chi connectivity index (χ4v) is 3.37. The van der Waals surface area contributed by atoms with Crippen molar-refractivity contribution in [3.63, 3.8) is 0 Å². The number of nitrogens with two attached hydrogens (primary N) is 1. The van der Waals surface area contributed by atoms with E-state index < -0.39 is 10.8 Å². The summed E-state index contributed by atoms with van der Waals surface area (Å²) >= 11 is 0. The van der Waals surface area contributed by atoms with Gasteiger partial charge in [0.1, 0.15) is 0 Å². The third-order valence-electron chi connectivity index (χ3n) is 2.80. The van der Waals surface area contributed by atoms with E-state index in [-0.39, 0.29) is 5.25 Å². The summed E-state index contributed by atoms with van der Waals surface area (Å²) in [4.78, 5) is 0. The van der Waals surface area contributed by atoms with Gasteiger partial charge in [-0.2, -0.15) is 0 Å². The van der Waals surface area contributed by atoms with Crippen LogP contribution in [0.3, 0.4) is 0 Å². The lowest BCUT2D eigenvalue weighted by Gasteiger charge is -2.21. The van der Waals surface area contributed by atoms with Crippen LogP contribution in [0.2, 0.25) is 0 Å². The second-order valence-electron chi connectivity index (χ2n) is 4.08. The van der Waals surface area contributed by atoms with Crippen LogP contribution in [0.5, 0.6) is 0 Å². The Balaban J connectivity index is 1.96. The van der Waals surface area contributed by atoms with Gasteiger partial charge in [0.05, 0.1) is 0 Å². The smallest absolute Gasteiger partial charge is 0.0489 e. The quantitative estimate of drug-likeness (QED) is 0.817. The minimum absolute atomic E-state index is 0.287. The maximum absolute atomic E-state index is 12.1. The molecule has 1 aliphatic rings. The third kappa shape index (κ3) is 3.06. The van der Waals surface area contributed by atoms with Crippen LogP contribution in [0.4, 0.5) is 5.69 Å². The zero-order chi connectivity index (χ0) is 11.4. The molecule has 0 aliphatic carbocycles. The van der Waals surface area contributed by atoms with Crippen molar-refractivity contribution in [1.82, 2.24) is 0 Å². The van der Waals surface area contributed by atoms with Gasteiger partial charge < -0.3 is 10.5 Å². The lowest BCUT2D eigenvalue weighted by atomic mass is 10.2. The number of hydrogen-bond donors (Lipinski definition) is 1. The molecule has 1 aromatic carbocycles. The maximum atomic E-state index is 12.1. The van der Waals surface area contributed by atoms with E-state index in [4.69, 9.17) is 10.5 Å². The number of hydrogen-bond acceptors (Lipinski definition) is 3. The van der Waals surface area contributed by atoms with E-state index in [1.165, 1.54) is 0 Å². The first-order valence-corrected chi connectivity index (χ1v) is 6.93. The Kier molecular flexibility index (Phi) is 3.96. The van der Waals surface area contributed by atoms with Gasteiger partial charge in [-0.3, -0.25) is 4.21 Å². The third-order valence-corrected chi connectivity index (χ3v) is 4.63. The lowest BCUT2D eigenvalue weighted by Crippen LogP contribution is -2.25. The van der Waals surface area contributed by atoms with Crippen molar-refractivity contribution in [3.05, 3.63) is 29.8 Å². The number of benzene rings is 1. The van der Waals surface area contributed by atoms with E-state index in [1.54, 1.807) is 0 Å². The molecule has 1 heterocycles. The molecule has 88 valence electrons. The second kappa shape index (κ2) is 5.46. The Morgan fingerprint density at radius 2 is 2.12 bits per heavy atom. The van der Waals surface area contributed by atoms with Gasteiger partial charge in [0.15, 0.2) is 0 Å². The van der Waals surface area contributed by atoms with Crippen molar-refractivity contribution < 1.29 is 8.95 Å². The Hall–Kier alpha value is -0.870. The van der Waals surface area contributed by atoms with Crippen LogP contribution in [0, 0.1) is 0 Å². The topological polar surface area (TPSA) is 52.3 Å². The highest BCUT2D eigenvalue weighted by atomic mass is 32.2. The predicted molar refractivity (Wildman–Crippen MR) is 66.5 cm³/mol. The van der Waals surface area contributed by atoms with Crippen molar-refractivity contribution in [2.24, 2.45) is 0 Å². The zero-order valence-electron chi connectivity index (χ0n) is 9.22. The lowest BCUT2D eigenvalue weighted by molar-refractivity contribution is 0.0992.